The van der Waals surface area contributed by atoms with Gasteiger partial charge in [0.1, 0.15) is 21.3 Å². The zero-order chi connectivity index (χ0) is 30.6. The second-order valence-corrected chi connectivity index (χ2v) is 14.3. The maximum absolute atomic E-state index is 14.0. The minimum absolute atomic E-state index is 0.0256. The predicted octanol–water partition coefficient (Wildman–Crippen LogP) is 2.13. The van der Waals surface area contributed by atoms with E-state index in [-0.39, 0.29) is 30.5 Å². The molecule has 16 heteroatoms. The van der Waals surface area contributed by atoms with E-state index in [1.54, 1.807) is 43.5 Å². The maximum Gasteiger partial charge on any atom is 0.243 e. The summed E-state index contributed by atoms with van der Waals surface area (Å²) in [5, 5.41) is 15.8. The minimum atomic E-state index is -4.43. The lowest BCUT2D eigenvalue weighted by Crippen LogP contribution is -2.37. The van der Waals surface area contributed by atoms with Crippen LogP contribution in [0.2, 0.25) is 0 Å². The van der Waals surface area contributed by atoms with Gasteiger partial charge in [-0.1, -0.05) is 24.3 Å². The Morgan fingerprint density at radius 3 is 2.19 bits per heavy atom. The van der Waals surface area contributed by atoms with Crippen LogP contribution >= 0.6 is 22.6 Å². The first kappa shape index (κ1) is 31.3. The largest absolute Gasteiger partial charge is 0.497 e. The number of nitrogens with zero attached hydrogens (tertiary/aromatic N) is 4. The second-order valence-electron chi connectivity index (χ2n) is 9.72. The van der Waals surface area contributed by atoms with E-state index < -0.39 is 29.8 Å². The van der Waals surface area contributed by atoms with Gasteiger partial charge in [-0.2, -0.15) is 4.80 Å². The van der Waals surface area contributed by atoms with Crippen molar-refractivity contribution in [1.29, 1.82) is 0 Å². The molecule has 0 aliphatic carbocycles. The minimum Gasteiger partial charge on any atom is -0.497 e. The number of tetrazole rings is 1. The Bertz CT molecular complexity index is 1790. The summed E-state index contributed by atoms with van der Waals surface area (Å²) >= 11 is 1.95. The van der Waals surface area contributed by atoms with Gasteiger partial charge >= 0.3 is 0 Å². The lowest BCUT2D eigenvalue weighted by Gasteiger charge is -2.18. The first-order valence-corrected chi connectivity index (χ1v) is 17.2. The van der Waals surface area contributed by atoms with E-state index in [2.05, 4.69) is 30.2 Å². The summed E-state index contributed by atoms with van der Waals surface area (Å²) in [4.78, 5) is 0.469. The maximum atomic E-state index is 14.0. The van der Waals surface area contributed by atoms with Crippen LogP contribution in [0.4, 0.5) is 0 Å². The van der Waals surface area contributed by atoms with Crippen molar-refractivity contribution in [1.82, 2.24) is 35.0 Å². The molecule has 13 nitrogen and oxygen atoms in total. The average molecular weight is 740 g/mol. The van der Waals surface area contributed by atoms with E-state index in [0.29, 0.717) is 40.1 Å². The highest BCUT2D eigenvalue weighted by molar-refractivity contribution is 14.1. The molecule has 0 spiro atoms. The third-order valence-electron chi connectivity index (χ3n) is 6.80. The number of hydrogen-bond acceptors (Lipinski definition) is 10. The summed E-state index contributed by atoms with van der Waals surface area (Å²) in [6.45, 7) is 1.25. The molecule has 1 saturated heterocycles. The summed E-state index contributed by atoms with van der Waals surface area (Å²) in [7, 11) is -5.59. The lowest BCUT2D eigenvalue weighted by atomic mass is 10.2. The van der Waals surface area contributed by atoms with Crippen LogP contribution in [0.3, 0.4) is 0 Å². The highest BCUT2D eigenvalue weighted by Gasteiger charge is 2.34. The third-order valence-corrected chi connectivity index (χ3v) is 10.9. The zero-order valence-corrected chi connectivity index (χ0v) is 27.1. The topological polar surface area (TPSA) is 166 Å². The number of benzene rings is 3. The highest BCUT2D eigenvalue weighted by atomic mass is 127. The van der Waals surface area contributed by atoms with Gasteiger partial charge in [0, 0.05) is 22.7 Å². The van der Waals surface area contributed by atoms with Crippen LogP contribution in [0.15, 0.2) is 70.5 Å². The predicted molar refractivity (Wildman–Crippen MR) is 167 cm³/mol. The van der Waals surface area contributed by atoms with Gasteiger partial charge in [-0.3, -0.25) is 0 Å². The van der Waals surface area contributed by atoms with Crippen molar-refractivity contribution >= 4 is 42.6 Å². The highest BCUT2D eigenvalue weighted by Crippen LogP contribution is 2.35. The smallest absolute Gasteiger partial charge is 0.243 e. The summed E-state index contributed by atoms with van der Waals surface area (Å²) in [5.74, 6) is 1.29. The average Bonchev–Trinajstić information content (AvgIpc) is 3.68. The molecule has 43 heavy (non-hydrogen) atoms. The Kier molecular flexibility index (Phi) is 9.62. The van der Waals surface area contributed by atoms with Crippen molar-refractivity contribution in [2.75, 3.05) is 27.3 Å². The monoisotopic (exact) mass is 739 g/mol. The first-order chi connectivity index (χ1) is 20.6. The molecular weight excluding hydrogens is 709 g/mol. The van der Waals surface area contributed by atoms with Gasteiger partial charge in [0.15, 0.2) is 0 Å². The van der Waals surface area contributed by atoms with Crippen LogP contribution in [0.25, 0.3) is 11.4 Å². The molecule has 1 aliphatic heterocycles. The summed E-state index contributed by atoms with van der Waals surface area (Å²) < 4.78 is 71.4. The van der Waals surface area contributed by atoms with Crippen LogP contribution in [0, 0.1) is 3.57 Å². The molecule has 1 unspecified atom stereocenters. The number of nitrogens with one attached hydrogen (secondary N) is 3. The van der Waals surface area contributed by atoms with Crippen LogP contribution in [0.1, 0.15) is 17.5 Å². The van der Waals surface area contributed by atoms with Crippen LogP contribution in [-0.4, -0.2) is 70.4 Å². The third kappa shape index (κ3) is 7.32. The van der Waals surface area contributed by atoms with Crippen molar-refractivity contribution < 1.29 is 26.3 Å². The summed E-state index contributed by atoms with van der Waals surface area (Å²) in [5.41, 5.74) is 1.55. The fourth-order valence-electron chi connectivity index (χ4n) is 4.56. The van der Waals surface area contributed by atoms with Crippen molar-refractivity contribution in [3.8, 4) is 22.9 Å². The Morgan fingerprint density at radius 2 is 1.58 bits per heavy atom. The molecule has 0 radical (unpaired) electrons. The van der Waals surface area contributed by atoms with Crippen LogP contribution < -0.4 is 24.2 Å². The van der Waals surface area contributed by atoms with Crippen LogP contribution in [0.5, 0.6) is 11.5 Å². The Labute approximate surface area is 263 Å². The molecule has 5 rings (SSSR count). The Balaban J connectivity index is 1.55. The van der Waals surface area contributed by atoms with E-state index in [0.717, 1.165) is 5.56 Å². The van der Waals surface area contributed by atoms with E-state index >= 15 is 0 Å². The Morgan fingerprint density at radius 1 is 0.930 bits per heavy atom. The molecule has 1 fully saturated rings. The molecule has 4 aromatic rings. The van der Waals surface area contributed by atoms with E-state index in [1.165, 1.54) is 24.0 Å². The molecular formula is C27H30IN7O6S2. The van der Waals surface area contributed by atoms with Crippen molar-refractivity contribution in [3.05, 3.63) is 75.4 Å². The molecule has 2 heterocycles. The quantitative estimate of drug-likeness (QED) is 0.183. The fourth-order valence-corrected chi connectivity index (χ4v) is 8.76. The van der Waals surface area contributed by atoms with Crippen molar-refractivity contribution in [2.45, 2.75) is 35.3 Å². The van der Waals surface area contributed by atoms with E-state index in [9.17, 15) is 16.8 Å². The number of methoxy groups -OCH3 is 2. The summed E-state index contributed by atoms with van der Waals surface area (Å²) in [6, 6.07) is 16.6. The molecule has 228 valence electrons. The number of ether oxygens (including phenoxy) is 2. The van der Waals surface area contributed by atoms with Gasteiger partial charge in [-0.15, -0.1) is 10.2 Å². The number of sulfonamides is 2. The molecule has 1 aromatic heterocycles. The molecule has 1 aliphatic rings. The molecule has 1 atom stereocenters. The fraction of sp³-hybridized carbons (Fsp3) is 0.296. The molecule has 0 amide bonds. The van der Waals surface area contributed by atoms with Gasteiger partial charge in [-0.25, -0.2) is 26.3 Å². The van der Waals surface area contributed by atoms with Gasteiger partial charge in [-0.05, 0) is 88.3 Å². The van der Waals surface area contributed by atoms with Gasteiger partial charge < -0.3 is 14.8 Å². The van der Waals surface area contributed by atoms with Crippen molar-refractivity contribution in [3.63, 3.8) is 0 Å². The molecule has 3 aromatic carbocycles. The normalized spacial score (nSPS) is 15.5. The SMILES string of the molecule is COc1ccc(CNS(=O)(=O)c2c(S(=O)(=O)NC3CCNC3)ccc(I)c2-c2nnn(Cc3ccc(OC)cc3)n2)cc1. The first-order valence-electron chi connectivity index (χ1n) is 13.2. The number of aromatic nitrogens is 4. The van der Waals surface area contributed by atoms with Gasteiger partial charge in [0.25, 0.3) is 0 Å². The van der Waals surface area contributed by atoms with Crippen molar-refractivity contribution in [2.24, 2.45) is 0 Å². The lowest BCUT2D eigenvalue weighted by molar-refractivity contribution is 0.414. The van der Waals surface area contributed by atoms with Gasteiger partial charge in [0.05, 0.1) is 26.3 Å². The standard InChI is InChI=1S/C27H30IN7O6S2/c1-40-21-7-3-18(4-8-21)15-30-43(38,39)26-24(42(36,37)33-20-13-14-29-16-20)12-11-23(28)25(26)27-31-34-35(32-27)17-19-5-9-22(41-2)10-6-19/h3-12,20,29-30,33H,13-17H2,1-2H3. The number of hydrogen-bond donors (Lipinski definition) is 3. The molecule has 3 N–H and O–H groups in total. The number of halogens is 1. The van der Waals surface area contributed by atoms with Crippen LogP contribution in [-0.2, 0) is 33.1 Å². The molecule has 0 bridgehead atoms. The molecule has 0 saturated carbocycles. The van der Waals surface area contributed by atoms with E-state index in [1.807, 2.05) is 34.7 Å². The Hall–Kier alpha value is -3.16. The van der Waals surface area contributed by atoms with E-state index in [4.69, 9.17) is 9.47 Å². The van der Waals surface area contributed by atoms with Gasteiger partial charge in [0.2, 0.25) is 25.9 Å². The number of rotatable bonds is 12. The second kappa shape index (κ2) is 13.2. The summed E-state index contributed by atoms with van der Waals surface area (Å²) in [6.07, 6.45) is 0.579. The zero-order valence-electron chi connectivity index (χ0n) is 23.3.